The number of aromatic nitrogens is 1. The maximum Gasteiger partial charge on any atom is 0.333 e. The van der Waals surface area contributed by atoms with Gasteiger partial charge >= 0.3 is 6.85 Å². The van der Waals surface area contributed by atoms with Gasteiger partial charge in [0.15, 0.2) is 0 Å². The molecular weight excluding hydrogens is 776 g/mol. The van der Waals surface area contributed by atoms with E-state index in [1.807, 2.05) is 11.3 Å². The highest BCUT2D eigenvalue weighted by Crippen LogP contribution is 2.53. The second kappa shape index (κ2) is 11.6. The minimum atomic E-state index is -0.169. The van der Waals surface area contributed by atoms with Crippen LogP contribution in [0.15, 0.2) is 148 Å². The van der Waals surface area contributed by atoms with Crippen molar-refractivity contribution in [1.29, 1.82) is 0 Å². The maximum atomic E-state index is 7.25. The second-order valence-electron chi connectivity index (χ2n) is 19.7. The van der Waals surface area contributed by atoms with Gasteiger partial charge in [-0.05, 0) is 99.6 Å². The van der Waals surface area contributed by atoms with Crippen molar-refractivity contribution < 1.29 is 8.83 Å². The minimum Gasteiger partial charge on any atom is -0.456 e. The molecule has 0 saturated heterocycles. The largest absolute Gasteiger partial charge is 0.456 e. The molecule has 0 N–H and O–H groups in total. The highest BCUT2D eigenvalue weighted by molar-refractivity contribution is 7.26. The van der Waals surface area contributed by atoms with Gasteiger partial charge in [0, 0.05) is 80.7 Å². The lowest BCUT2D eigenvalue weighted by atomic mass is 9.43. The Kier molecular flexibility index (Phi) is 6.52. The summed E-state index contributed by atoms with van der Waals surface area (Å²) < 4.78 is 19.2. The Balaban J connectivity index is 1.24. The molecule has 296 valence electrons. The third-order valence-corrected chi connectivity index (χ3v) is 15.2. The number of anilines is 2. The molecule has 0 unspecified atom stereocenters. The van der Waals surface area contributed by atoms with E-state index in [0.29, 0.717) is 0 Å². The van der Waals surface area contributed by atoms with Gasteiger partial charge in [0.1, 0.15) is 22.3 Å². The van der Waals surface area contributed by atoms with Crippen LogP contribution >= 0.6 is 11.3 Å². The van der Waals surface area contributed by atoms with Crippen LogP contribution in [0.1, 0.15) is 52.7 Å². The first-order valence-electron chi connectivity index (χ1n) is 21.8. The summed E-state index contributed by atoms with van der Waals surface area (Å²) in [4.78, 5) is 2.64. The molecule has 0 spiro atoms. The zero-order chi connectivity index (χ0) is 41.6. The molecule has 2 aliphatic heterocycles. The number of hydrogen-bond acceptors (Lipinski definition) is 4. The van der Waals surface area contributed by atoms with E-state index in [4.69, 9.17) is 8.83 Å². The molecule has 8 aromatic carbocycles. The number of fused-ring (bicyclic) bond motifs is 19. The standard InChI is InChI=1S/C56H41BN2O2S/c1-55(2,3)30-19-22-32(23-20-30)59-42-26-36-33-13-7-10-16-44(33)60-46(36)28-39(42)51-52-53-49(50-35-15-8-11-17-45(35)61-54(50)51)38-25-31(56(4,5)6)21-24-41(38)58(53)43-27-37-34-14-9-12-18-47(34)62-48(37)29-40(43)57(52)59/h7-29H,1-6H3. The van der Waals surface area contributed by atoms with E-state index in [-0.39, 0.29) is 17.7 Å². The van der Waals surface area contributed by atoms with Gasteiger partial charge < -0.3 is 18.2 Å². The zero-order valence-corrected chi connectivity index (χ0v) is 36.3. The summed E-state index contributed by atoms with van der Waals surface area (Å²) in [6.45, 7) is 13.7. The minimum absolute atomic E-state index is 0.0168. The highest BCUT2D eigenvalue weighted by Gasteiger charge is 2.46. The quantitative estimate of drug-likeness (QED) is 0.155. The molecule has 0 radical (unpaired) electrons. The van der Waals surface area contributed by atoms with Gasteiger partial charge in [-0.1, -0.05) is 114 Å². The molecule has 0 fully saturated rings. The molecule has 0 saturated carbocycles. The molecule has 0 aliphatic carbocycles. The third kappa shape index (κ3) is 4.42. The highest BCUT2D eigenvalue weighted by atomic mass is 32.1. The van der Waals surface area contributed by atoms with Crippen molar-refractivity contribution in [3.05, 3.63) is 151 Å². The average molecular weight is 817 g/mol. The number of para-hydroxylation sites is 2. The van der Waals surface area contributed by atoms with E-state index in [1.165, 1.54) is 75.1 Å². The topological polar surface area (TPSA) is 34.5 Å². The Morgan fingerprint density at radius 3 is 1.97 bits per heavy atom. The van der Waals surface area contributed by atoms with Gasteiger partial charge in [-0.2, -0.15) is 0 Å². The summed E-state index contributed by atoms with van der Waals surface area (Å²) in [7, 11) is 0. The van der Waals surface area contributed by atoms with Gasteiger partial charge in [0.05, 0.1) is 11.0 Å². The molecule has 2 aliphatic rings. The van der Waals surface area contributed by atoms with Crippen LogP contribution < -0.4 is 15.7 Å². The summed E-state index contributed by atoms with van der Waals surface area (Å²) in [5.74, 6) is 0. The van der Waals surface area contributed by atoms with Crippen LogP contribution in [0, 0.1) is 0 Å². The Labute approximate surface area is 362 Å². The first-order chi connectivity index (χ1) is 30.0. The summed E-state index contributed by atoms with van der Waals surface area (Å²) in [6, 6.07) is 52.2. The van der Waals surface area contributed by atoms with E-state index in [9.17, 15) is 0 Å². The van der Waals surface area contributed by atoms with Crippen molar-refractivity contribution in [3.8, 4) is 16.8 Å². The van der Waals surface area contributed by atoms with E-state index in [1.54, 1.807) is 0 Å². The number of nitrogens with zero attached hydrogens (tertiary/aromatic N) is 2. The summed E-state index contributed by atoms with van der Waals surface area (Å²) in [5.41, 5.74) is 17.0. The number of thiophene rings is 1. The summed E-state index contributed by atoms with van der Waals surface area (Å²) in [6.07, 6.45) is 0. The summed E-state index contributed by atoms with van der Waals surface area (Å²) in [5, 5.41) is 9.66. The molecule has 4 aromatic heterocycles. The monoisotopic (exact) mass is 816 g/mol. The van der Waals surface area contributed by atoms with Crippen LogP contribution in [-0.4, -0.2) is 11.4 Å². The second-order valence-corrected chi connectivity index (χ2v) is 20.8. The average Bonchev–Trinajstić information content (AvgIpc) is 4.02. The zero-order valence-electron chi connectivity index (χ0n) is 35.5. The Bertz CT molecular complexity index is 3960. The van der Waals surface area contributed by atoms with E-state index >= 15 is 0 Å². The molecule has 6 heterocycles. The lowest BCUT2D eigenvalue weighted by Crippen LogP contribution is -2.60. The van der Waals surface area contributed by atoms with Gasteiger partial charge in [-0.3, -0.25) is 0 Å². The number of hydrogen-bond donors (Lipinski definition) is 0. The first-order valence-corrected chi connectivity index (χ1v) is 22.6. The predicted octanol–water partition coefficient (Wildman–Crippen LogP) is 14.8. The Morgan fingerprint density at radius 1 is 0.516 bits per heavy atom. The van der Waals surface area contributed by atoms with Crippen LogP contribution in [0.3, 0.4) is 0 Å². The molecule has 0 amide bonds. The van der Waals surface area contributed by atoms with Gasteiger partial charge in [0.2, 0.25) is 0 Å². The van der Waals surface area contributed by atoms with Crippen molar-refractivity contribution in [1.82, 2.24) is 4.57 Å². The fourth-order valence-electron chi connectivity index (χ4n) is 11.1. The molecule has 6 heteroatoms. The Morgan fingerprint density at radius 2 is 1.19 bits per heavy atom. The van der Waals surface area contributed by atoms with E-state index < -0.39 is 0 Å². The van der Waals surface area contributed by atoms with Crippen LogP contribution in [0.5, 0.6) is 0 Å². The third-order valence-electron chi connectivity index (χ3n) is 14.1. The lowest BCUT2D eigenvalue weighted by molar-refractivity contribution is 0.590. The normalized spacial score (nSPS) is 13.9. The molecule has 4 nitrogen and oxygen atoms in total. The molecule has 0 atom stereocenters. The van der Waals surface area contributed by atoms with E-state index in [2.05, 4.69) is 190 Å². The van der Waals surface area contributed by atoms with Crippen molar-refractivity contribution >= 4 is 126 Å². The van der Waals surface area contributed by atoms with Gasteiger partial charge in [-0.15, -0.1) is 11.3 Å². The number of benzene rings is 8. The van der Waals surface area contributed by atoms with Crippen LogP contribution in [0.25, 0.3) is 103 Å². The maximum absolute atomic E-state index is 7.25. The fourth-order valence-corrected chi connectivity index (χ4v) is 12.2. The molecule has 62 heavy (non-hydrogen) atoms. The Hall–Kier alpha value is -6.76. The van der Waals surface area contributed by atoms with Gasteiger partial charge in [0.25, 0.3) is 0 Å². The van der Waals surface area contributed by atoms with Crippen molar-refractivity contribution in [3.63, 3.8) is 0 Å². The SMILES string of the molecule is CC(C)(C)c1ccc(N2B3c4cc5sc6ccccc6c5cc4-n4c5ccc(C(C)(C)C)cc5c5c6c(oc7ccccc76)c(c3c54)-c3cc4oc5ccccc5c4cc32)cc1. The molecule has 14 rings (SSSR count). The number of furan rings is 2. The van der Waals surface area contributed by atoms with E-state index in [0.717, 1.165) is 61.0 Å². The fraction of sp³-hybridized carbons (Fsp3) is 0.143. The first kappa shape index (κ1) is 34.9. The van der Waals surface area contributed by atoms with Crippen LogP contribution in [0.2, 0.25) is 0 Å². The van der Waals surface area contributed by atoms with Crippen molar-refractivity contribution in [2.45, 2.75) is 52.4 Å². The van der Waals surface area contributed by atoms with Crippen LogP contribution in [-0.2, 0) is 10.8 Å². The molecular formula is C56H41BN2O2S. The van der Waals surface area contributed by atoms with Crippen molar-refractivity contribution in [2.24, 2.45) is 0 Å². The smallest absolute Gasteiger partial charge is 0.333 e. The molecule has 0 bridgehead atoms. The predicted molar refractivity (Wildman–Crippen MR) is 265 cm³/mol. The van der Waals surface area contributed by atoms with Crippen molar-refractivity contribution in [2.75, 3.05) is 4.81 Å². The summed E-state index contributed by atoms with van der Waals surface area (Å²) >= 11 is 1.89. The van der Waals surface area contributed by atoms with Gasteiger partial charge in [-0.25, -0.2) is 0 Å². The molecule has 12 aromatic rings. The lowest BCUT2D eigenvalue weighted by Gasteiger charge is -2.42. The van der Waals surface area contributed by atoms with Crippen LogP contribution in [0.4, 0.5) is 11.4 Å². The number of rotatable bonds is 1.